The highest BCUT2D eigenvalue weighted by molar-refractivity contribution is 9.09. The molecular formula is C15H20BrNO2. The summed E-state index contributed by atoms with van der Waals surface area (Å²) in [7, 11) is 1.59. The number of methoxy groups -OCH3 is 1. The van der Waals surface area contributed by atoms with Crippen molar-refractivity contribution >= 4 is 21.8 Å². The third kappa shape index (κ3) is 3.72. The lowest BCUT2D eigenvalue weighted by atomic mass is 9.89. The maximum atomic E-state index is 12.2. The van der Waals surface area contributed by atoms with Crippen LogP contribution in [-0.2, 0) is 0 Å². The van der Waals surface area contributed by atoms with E-state index in [0.29, 0.717) is 22.1 Å². The Morgan fingerprint density at radius 3 is 2.84 bits per heavy atom. The van der Waals surface area contributed by atoms with E-state index < -0.39 is 0 Å². The number of para-hydroxylation sites is 1. The maximum Gasteiger partial charge on any atom is 0.255 e. The number of hydrogen-bond acceptors (Lipinski definition) is 2. The Bertz CT molecular complexity index is 436. The van der Waals surface area contributed by atoms with Crippen molar-refractivity contribution in [1.82, 2.24) is 5.32 Å². The summed E-state index contributed by atoms with van der Waals surface area (Å²) in [5, 5.41) is 3.02. The Balaban J connectivity index is 1.93. The Labute approximate surface area is 122 Å². The Kier molecular flexibility index (Phi) is 5.25. The van der Waals surface area contributed by atoms with Crippen molar-refractivity contribution < 1.29 is 9.53 Å². The van der Waals surface area contributed by atoms with Gasteiger partial charge >= 0.3 is 0 Å². The summed E-state index contributed by atoms with van der Waals surface area (Å²) < 4.78 is 5.21. The lowest BCUT2D eigenvalue weighted by Gasteiger charge is -2.27. The zero-order chi connectivity index (χ0) is 13.7. The minimum absolute atomic E-state index is 0.0530. The first-order chi connectivity index (χ1) is 9.22. The molecule has 0 saturated heterocycles. The van der Waals surface area contributed by atoms with Gasteiger partial charge in [-0.3, -0.25) is 4.79 Å². The third-order valence-corrected chi connectivity index (χ3v) is 4.90. The topological polar surface area (TPSA) is 38.3 Å². The molecule has 1 fully saturated rings. The molecule has 2 rings (SSSR count). The number of halogens is 1. The molecule has 0 heterocycles. The number of carbonyl (C=O) groups is 1. The number of alkyl halides is 1. The van der Waals surface area contributed by atoms with Gasteiger partial charge in [0.1, 0.15) is 5.75 Å². The van der Waals surface area contributed by atoms with Crippen LogP contribution in [0.5, 0.6) is 5.75 Å². The lowest BCUT2D eigenvalue weighted by molar-refractivity contribution is 0.0941. The average Bonchev–Trinajstić information content (AvgIpc) is 2.46. The van der Waals surface area contributed by atoms with Gasteiger partial charge in [-0.05, 0) is 30.9 Å². The first-order valence-corrected chi connectivity index (χ1v) is 7.69. The monoisotopic (exact) mass is 325 g/mol. The van der Waals surface area contributed by atoms with Gasteiger partial charge in [0.05, 0.1) is 12.7 Å². The number of ether oxygens (including phenoxy) is 1. The van der Waals surface area contributed by atoms with Gasteiger partial charge in [0.25, 0.3) is 5.91 Å². The Hall–Kier alpha value is -1.03. The summed E-state index contributed by atoms with van der Waals surface area (Å²) in [5.74, 6) is 1.11. The van der Waals surface area contributed by atoms with E-state index in [0.717, 1.165) is 6.54 Å². The van der Waals surface area contributed by atoms with Crippen LogP contribution in [0, 0.1) is 5.92 Å². The fraction of sp³-hybridized carbons (Fsp3) is 0.533. The summed E-state index contributed by atoms with van der Waals surface area (Å²) in [4.78, 5) is 12.7. The van der Waals surface area contributed by atoms with Gasteiger partial charge in [-0.15, -0.1) is 0 Å². The summed E-state index contributed by atoms with van der Waals surface area (Å²) >= 11 is 3.71. The molecule has 3 nitrogen and oxygen atoms in total. The highest BCUT2D eigenvalue weighted by Crippen LogP contribution is 2.29. The largest absolute Gasteiger partial charge is 0.496 e. The van der Waals surface area contributed by atoms with Crippen LogP contribution in [0.2, 0.25) is 0 Å². The van der Waals surface area contributed by atoms with Gasteiger partial charge in [0, 0.05) is 11.4 Å². The first kappa shape index (κ1) is 14.4. The molecule has 0 bridgehead atoms. The second-order valence-corrected chi connectivity index (χ2v) is 6.15. The lowest BCUT2D eigenvalue weighted by Crippen LogP contribution is -2.34. The normalized spacial score (nSPS) is 22.8. The van der Waals surface area contributed by atoms with Crippen LogP contribution in [0.1, 0.15) is 36.0 Å². The molecule has 0 radical (unpaired) electrons. The molecule has 1 aromatic rings. The predicted molar refractivity (Wildman–Crippen MR) is 80.0 cm³/mol. The molecule has 2 unspecified atom stereocenters. The van der Waals surface area contributed by atoms with Crippen LogP contribution in [0.3, 0.4) is 0 Å². The van der Waals surface area contributed by atoms with E-state index in [1.54, 1.807) is 13.2 Å². The molecule has 0 aliphatic heterocycles. The molecule has 1 aromatic carbocycles. The van der Waals surface area contributed by atoms with Crippen molar-refractivity contribution in [3.63, 3.8) is 0 Å². The molecule has 2 atom stereocenters. The summed E-state index contributed by atoms with van der Waals surface area (Å²) in [6.07, 6.45) is 4.93. The molecule has 1 aliphatic carbocycles. The zero-order valence-electron chi connectivity index (χ0n) is 11.2. The smallest absolute Gasteiger partial charge is 0.255 e. The van der Waals surface area contributed by atoms with Crippen molar-refractivity contribution in [1.29, 1.82) is 0 Å². The van der Waals surface area contributed by atoms with E-state index in [2.05, 4.69) is 21.2 Å². The van der Waals surface area contributed by atoms with E-state index in [-0.39, 0.29) is 5.91 Å². The van der Waals surface area contributed by atoms with Gasteiger partial charge in [-0.25, -0.2) is 0 Å². The number of carbonyl (C=O) groups excluding carboxylic acids is 1. The van der Waals surface area contributed by atoms with E-state index in [1.165, 1.54) is 25.7 Å². The molecule has 0 aromatic heterocycles. The summed E-state index contributed by atoms with van der Waals surface area (Å²) in [6.45, 7) is 0.729. The van der Waals surface area contributed by atoms with Crippen LogP contribution < -0.4 is 10.1 Å². The number of amides is 1. The molecular weight excluding hydrogens is 306 g/mol. The second kappa shape index (κ2) is 6.94. The molecule has 19 heavy (non-hydrogen) atoms. The third-order valence-electron chi connectivity index (χ3n) is 3.69. The van der Waals surface area contributed by atoms with Crippen LogP contribution >= 0.6 is 15.9 Å². The fourth-order valence-corrected chi connectivity index (χ4v) is 3.32. The zero-order valence-corrected chi connectivity index (χ0v) is 12.8. The van der Waals surface area contributed by atoms with Crippen molar-refractivity contribution in [3.05, 3.63) is 29.8 Å². The molecule has 104 valence electrons. The van der Waals surface area contributed by atoms with E-state index >= 15 is 0 Å². The molecule has 1 saturated carbocycles. The Morgan fingerprint density at radius 2 is 2.11 bits per heavy atom. The van der Waals surface area contributed by atoms with Crippen LogP contribution in [0.25, 0.3) is 0 Å². The SMILES string of the molecule is COc1ccccc1C(=O)NCC1CCCCC1Br. The van der Waals surface area contributed by atoms with Crippen LogP contribution in [-0.4, -0.2) is 24.4 Å². The highest BCUT2D eigenvalue weighted by atomic mass is 79.9. The van der Waals surface area contributed by atoms with Gasteiger partial charge < -0.3 is 10.1 Å². The quantitative estimate of drug-likeness (QED) is 0.862. The van der Waals surface area contributed by atoms with Crippen molar-refractivity contribution in [2.75, 3.05) is 13.7 Å². The fourth-order valence-electron chi connectivity index (χ4n) is 2.54. The minimum Gasteiger partial charge on any atom is -0.496 e. The minimum atomic E-state index is -0.0530. The average molecular weight is 326 g/mol. The number of benzene rings is 1. The van der Waals surface area contributed by atoms with Crippen LogP contribution in [0.15, 0.2) is 24.3 Å². The van der Waals surface area contributed by atoms with E-state index in [9.17, 15) is 4.79 Å². The molecule has 1 aliphatic rings. The van der Waals surface area contributed by atoms with E-state index in [4.69, 9.17) is 4.74 Å². The molecule has 0 spiro atoms. The van der Waals surface area contributed by atoms with Gasteiger partial charge in [-0.2, -0.15) is 0 Å². The Morgan fingerprint density at radius 1 is 1.37 bits per heavy atom. The molecule has 1 N–H and O–H groups in total. The van der Waals surface area contributed by atoms with Gasteiger partial charge in [0.15, 0.2) is 0 Å². The van der Waals surface area contributed by atoms with Crippen molar-refractivity contribution in [2.24, 2.45) is 5.92 Å². The standard InChI is InChI=1S/C15H20BrNO2/c1-19-14-9-5-3-7-12(14)15(18)17-10-11-6-2-4-8-13(11)16/h3,5,7,9,11,13H,2,4,6,8,10H2,1H3,(H,17,18). The number of rotatable bonds is 4. The summed E-state index contributed by atoms with van der Waals surface area (Å²) in [6, 6.07) is 7.32. The van der Waals surface area contributed by atoms with Crippen molar-refractivity contribution in [3.8, 4) is 5.75 Å². The van der Waals surface area contributed by atoms with Gasteiger partial charge in [-0.1, -0.05) is 40.9 Å². The number of nitrogens with one attached hydrogen (secondary N) is 1. The maximum absolute atomic E-state index is 12.2. The first-order valence-electron chi connectivity index (χ1n) is 6.77. The number of hydrogen-bond donors (Lipinski definition) is 1. The van der Waals surface area contributed by atoms with Gasteiger partial charge in [0.2, 0.25) is 0 Å². The molecule has 4 heteroatoms. The highest BCUT2D eigenvalue weighted by Gasteiger charge is 2.23. The van der Waals surface area contributed by atoms with Crippen LogP contribution in [0.4, 0.5) is 0 Å². The molecule has 1 amide bonds. The second-order valence-electron chi connectivity index (χ2n) is 4.97. The van der Waals surface area contributed by atoms with Crippen molar-refractivity contribution in [2.45, 2.75) is 30.5 Å². The predicted octanol–water partition coefficient (Wildman–Crippen LogP) is 3.38. The summed E-state index contributed by atoms with van der Waals surface area (Å²) in [5.41, 5.74) is 0.604. The van der Waals surface area contributed by atoms with E-state index in [1.807, 2.05) is 18.2 Å².